The SMILES string of the molecule is C[Si](C)(O)[C@H]1C[C@H](n2cnc3c(OCc4ccccc4)nc(N)nc32)[C@](O)(CO)[C@@H]1COCc1ccccc1. The van der Waals surface area contributed by atoms with Gasteiger partial charge in [-0.2, -0.15) is 9.97 Å². The first-order valence-corrected chi connectivity index (χ1v) is 16.1. The van der Waals surface area contributed by atoms with Crippen LogP contribution in [0.25, 0.3) is 11.2 Å². The molecule has 2 aromatic heterocycles. The van der Waals surface area contributed by atoms with Crippen molar-refractivity contribution in [1.82, 2.24) is 19.5 Å². The molecule has 0 amide bonds. The van der Waals surface area contributed by atoms with E-state index in [9.17, 15) is 15.0 Å². The molecule has 2 aromatic carbocycles. The summed E-state index contributed by atoms with van der Waals surface area (Å²) in [6, 6.07) is 18.8. The summed E-state index contributed by atoms with van der Waals surface area (Å²) in [7, 11) is -2.78. The van der Waals surface area contributed by atoms with E-state index in [0.717, 1.165) is 11.1 Å². The van der Waals surface area contributed by atoms with Gasteiger partial charge in [-0.3, -0.25) is 0 Å². The third-order valence-corrected chi connectivity index (χ3v) is 10.2. The second-order valence-corrected chi connectivity index (χ2v) is 14.8. The Morgan fingerprint density at radius 2 is 1.67 bits per heavy atom. The molecule has 0 unspecified atom stereocenters. The van der Waals surface area contributed by atoms with Crippen molar-refractivity contribution in [2.24, 2.45) is 5.92 Å². The zero-order valence-corrected chi connectivity index (χ0v) is 23.1. The summed E-state index contributed by atoms with van der Waals surface area (Å²) in [5.41, 5.74) is 6.98. The van der Waals surface area contributed by atoms with Crippen molar-refractivity contribution in [2.45, 2.75) is 49.9 Å². The van der Waals surface area contributed by atoms with Crippen LogP contribution in [-0.2, 0) is 18.0 Å². The van der Waals surface area contributed by atoms with Gasteiger partial charge in [0.05, 0.1) is 32.2 Å². The van der Waals surface area contributed by atoms with E-state index in [4.69, 9.17) is 15.2 Å². The van der Waals surface area contributed by atoms with Crippen molar-refractivity contribution >= 4 is 25.4 Å². The molecule has 39 heavy (non-hydrogen) atoms. The smallest absolute Gasteiger partial charge is 0.247 e. The summed E-state index contributed by atoms with van der Waals surface area (Å²) < 4.78 is 13.7. The number of imidazole rings is 1. The Hall–Kier alpha value is -3.35. The predicted molar refractivity (Wildman–Crippen MR) is 149 cm³/mol. The Balaban J connectivity index is 1.45. The van der Waals surface area contributed by atoms with Crippen LogP contribution in [0, 0.1) is 5.92 Å². The van der Waals surface area contributed by atoms with Crippen LogP contribution in [0.4, 0.5) is 5.95 Å². The second kappa shape index (κ2) is 11.0. The number of fused-ring (bicyclic) bond motifs is 1. The Kier molecular flexibility index (Phi) is 7.70. The van der Waals surface area contributed by atoms with E-state index in [0.29, 0.717) is 24.2 Å². The molecule has 0 radical (unpaired) electrons. The highest BCUT2D eigenvalue weighted by atomic mass is 28.4. The molecule has 206 valence electrons. The van der Waals surface area contributed by atoms with Crippen LogP contribution in [0.3, 0.4) is 0 Å². The maximum absolute atomic E-state index is 12.0. The number of anilines is 1. The van der Waals surface area contributed by atoms with E-state index in [-0.39, 0.29) is 30.6 Å². The van der Waals surface area contributed by atoms with Crippen molar-refractivity contribution in [3.63, 3.8) is 0 Å². The largest absolute Gasteiger partial charge is 0.471 e. The zero-order valence-electron chi connectivity index (χ0n) is 22.1. The van der Waals surface area contributed by atoms with Gasteiger partial charge in [0.25, 0.3) is 0 Å². The predicted octanol–water partition coefficient (Wildman–Crippen LogP) is 3.06. The van der Waals surface area contributed by atoms with Crippen LogP contribution in [0.5, 0.6) is 5.88 Å². The van der Waals surface area contributed by atoms with Gasteiger partial charge in [-0.15, -0.1) is 0 Å². The molecule has 0 bridgehead atoms. The lowest BCUT2D eigenvalue weighted by Crippen LogP contribution is -2.49. The molecule has 11 heteroatoms. The van der Waals surface area contributed by atoms with Gasteiger partial charge in [-0.05, 0) is 36.2 Å². The first kappa shape index (κ1) is 27.2. The van der Waals surface area contributed by atoms with Gasteiger partial charge in [0.1, 0.15) is 12.2 Å². The number of rotatable bonds is 10. The van der Waals surface area contributed by atoms with Crippen LogP contribution >= 0.6 is 0 Å². The third-order valence-electron chi connectivity index (χ3n) is 7.71. The van der Waals surface area contributed by atoms with Crippen molar-refractivity contribution < 1.29 is 24.5 Å². The average Bonchev–Trinajstić information content (AvgIpc) is 3.47. The fraction of sp³-hybridized carbons (Fsp3) is 0.393. The van der Waals surface area contributed by atoms with Crippen LogP contribution in [0.2, 0.25) is 18.6 Å². The summed E-state index contributed by atoms with van der Waals surface area (Å²) in [6.45, 7) is 4.00. The topological polar surface area (TPSA) is 149 Å². The maximum atomic E-state index is 12.0. The number of ether oxygens (including phenoxy) is 2. The van der Waals surface area contributed by atoms with E-state index >= 15 is 0 Å². The highest BCUT2D eigenvalue weighted by Gasteiger charge is 2.59. The van der Waals surface area contributed by atoms with Gasteiger partial charge >= 0.3 is 0 Å². The molecule has 5 N–H and O–H groups in total. The Morgan fingerprint density at radius 1 is 1.03 bits per heavy atom. The standard InChI is InChI=1S/C28H35N5O5Si/c1-39(2,36)22-13-23(28(35,17-34)21(22)16-37-14-19-9-5-3-6-10-19)33-18-30-24-25(33)31-27(29)32-26(24)38-15-20-11-7-4-8-12-20/h3-12,18,21-23,34-36H,13-17H2,1-2H3,(H2,29,31,32)/t21-,22+,23+,28+/m1/s1. The Morgan fingerprint density at radius 3 is 2.28 bits per heavy atom. The van der Waals surface area contributed by atoms with Gasteiger partial charge in [0, 0.05) is 5.92 Å². The molecule has 5 rings (SSSR count). The van der Waals surface area contributed by atoms with Crippen LogP contribution in [0.1, 0.15) is 23.6 Å². The minimum atomic E-state index is -2.78. The summed E-state index contributed by atoms with van der Waals surface area (Å²) in [5, 5.41) is 22.6. The fourth-order valence-corrected chi connectivity index (χ4v) is 7.83. The van der Waals surface area contributed by atoms with Crippen molar-refractivity contribution in [1.29, 1.82) is 0 Å². The van der Waals surface area contributed by atoms with Gasteiger partial charge in [-0.1, -0.05) is 60.7 Å². The number of aliphatic hydroxyl groups excluding tert-OH is 1. The Labute approximate surface area is 228 Å². The number of nitrogens with two attached hydrogens (primary N) is 1. The lowest BCUT2D eigenvalue weighted by molar-refractivity contribution is -0.0939. The molecule has 4 aromatic rings. The first-order valence-electron chi connectivity index (χ1n) is 13.0. The molecule has 1 aliphatic rings. The highest BCUT2D eigenvalue weighted by Crippen LogP contribution is 2.54. The maximum Gasteiger partial charge on any atom is 0.247 e. The fourth-order valence-electron chi connectivity index (χ4n) is 5.66. The number of benzene rings is 2. The number of nitrogen functional groups attached to an aromatic ring is 1. The molecular formula is C28H35N5O5Si. The van der Waals surface area contributed by atoms with Gasteiger partial charge in [-0.25, -0.2) is 4.98 Å². The molecule has 4 atom stereocenters. The summed E-state index contributed by atoms with van der Waals surface area (Å²) in [5.74, 6) is -0.260. The van der Waals surface area contributed by atoms with Crippen LogP contribution in [0.15, 0.2) is 67.0 Å². The minimum absolute atomic E-state index is 0.00834. The number of hydrogen-bond donors (Lipinski definition) is 4. The van der Waals surface area contributed by atoms with E-state index in [2.05, 4.69) is 15.0 Å². The molecule has 0 spiro atoms. The first-order chi connectivity index (χ1) is 18.7. The molecule has 0 aliphatic heterocycles. The third kappa shape index (κ3) is 5.54. The number of hydrogen-bond acceptors (Lipinski definition) is 9. The molecular weight excluding hydrogens is 514 g/mol. The lowest BCUT2D eigenvalue weighted by atomic mass is 9.89. The highest BCUT2D eigenvalue weighted by molar-refractivity contribution is 6.71. The summed E-state index contributed by atoms with van der Waals surface area (Å²) in [6.07, 6.45) is 1.98. The van der Waals surface area contributed by atoms with Crippen molar-refractivity contribution in [3.05, 3.63) is 78.1 Å². The second-order valence-electron chi connectivity index (χ2n) is 10.8. The Bertz CT molecular complexity index is 1400. The van der Waals surface area contributed by atoms with Crippen molar-refractivity contribution in [2.75, 3.05) is 18.9 Å². The van der Waals surface area contributed by atoms with Crippen LogP contribution in [-0.4, -0.2) is 61.7 Å². The molecule has 1 aliphatic carbocycles. The molecule has 2 heterocycles. The zero-order chi connectivity index (χ0) is 27.6. The van der Waals surface area contributed by atoms with E-state index in [1.165, 1.54) is 0 Å². The number of aromatic nitrogens is 4. The monoisotopic (exact) mass is 549 g/mol. The normalized spacial score (nSPS) is 23.4. The summed E-state index contributed by atoms with van der Waals surface area (Å²) >= 11 is 0. The summed E-state index contributed by atoms with van der Waals surface area (Å²) in [4.78, 5) is 24.4. The average molecular weight is 550 g/mol. The molecule has 1 saturated carbocycles. The van der Waals surface area contributed by atoms with Gasteiger partial charge in [0.2, 0.25) is 11.8 Å². The van der Waals surface area contributed by atoms with E-state index < -0.39 is 32.5 Å². The molecule has 1 fully saturated rings. The quantitative estimate of drug-likeness (QED) is 0.219. The van der Waals surface area contributed by atoms with E-state index in [1.807, 2.05) is 73.8 Å². The number of aliphatic hydroxyl groups is 2. The van der Waals surface area contributed by atoms with E-state index in [1.54, 1.807) is 10.9 Å². The molecule has 0 saturated heterocycles. The van der Waals surface area contributed by atoms with Gasteiger partial charge in [0.15, 0.2) is 19.5 Å². The minimum Gasteiger partial charge on any atom is -0.471 e. The van der Waals surface area contributed by atoms with Gasteiger partial charge < -0.3 is 34.8 Å². The number of nitrogens with zero attached hydrogens (tertiary/aromatic N) is 4. The van der Waals surface area contributed by atoms with Crippen molar-refractivity contribution in [3.8, 4) is 5.88 Å². The lowest BCUT2D eigenvalue weighted by Gasteiger charge is -2.36. The molecule has 10 nitrogen and oxygen atoms in total. The van der Waals surface area contributed by atoms with Crippen LogP contribution < -0.4 is 10.5 Å².